The van der Waals surface area contributed by atoms with Crippen LogP contribution in [0.25, 0.3) is 22.0 Å². The highest BCUT2D eigenvalue weighted by Crippen LogP contribution is 2.29. The van der Waals surface area contributed by atoms with Crippen LogP contribution in [-0.2, 0) is 11.2 Å². The Kier molecular flexibility index (Phi) is 2.87. The zero-order valence-corrected chi connectivity index (χ0v) is 12.1. The number of fused-ring (bicyclic) bond motifs is 2. The number of hydrogen-bond acceptors (Lipinski definition) is 3. The van der Waals surface area contributed by atoms with Gasteiger partial charge in [0.25, 0.3) is 5.91 Å². The zero-order valence-electron chi connectivity index (χ0n) is 12.1. The molecule has 23 heavy (non-hydrogen) atoms. The molecule has 2 aromatic carbocycles. The van der Waals surface area contributed by atoms with Gasteiger partial charge in [-0.3, -0.25) is 4.79 Å². The first-order valence-corrected chi connectivity index (χ1v) is 7.20. The third kappa shape index (κ3) is 2.05. The monoisotopic (exact) mass is 304 g/mol. The van der Waals surface area contributed by atoms with E-state index < -0.39 is 11.9 Å². The van der Waals surface area contributed by atoms with Crippen molar-refractivity contribution < 1.29 is 14.7 Å². The number of carboxylic acid groups (broad SMARTS) is 1. The molecule has 4 rings (SSSR count). The van der Waals surface area contributed by atoms with E-state index in [9.17, 15) is 9.59 Å². The van der Waals surface area contributed by atoms with Crippen molar-refractivity contribution in [2.75, 3.05) is 0 Å². The Morgan fingerprint density at radius 1 is 1.13 bits per heavy atom. The van der Waals surface area contributed by atoms with Crippen molar-refractivity contribution in [2.45, 2.75) is 6.42 Å². The average Bonchev–Trinajstić information content (AvgIpc) is 2.99. The largest absolute Gasteiger partial charge is 0.478 e. The Bertz CT molecular complexity index is 993. The predicted octanol–water partition coefficient (Wildman–Crippen LogP) is 2.91. The molecule has 0 saturated heterocycles. The summed E-state index contributed by atoms with van der Waals surface area (Å²) < 4.78 is 1.19. The lowest BCUT2D eigenvalue weighted by atomic mass is 10.0. The summed E-state index contributed by atoms with van der Waals surface area (Å²) in [5.74, 6) is -1.81. The SMILES string of the molecule is O=C(O)C1=CCc2cc(-c3cccc4ccccc34)nn2C1=O. The molecule has 0 unspecified atom stereocenters. The van der Waals surface area contributed by atoms with Gasteiger partial charge in [-0.05, 0) is 16.8 Å². The maximum atomic E-state index is 12.2. The van der Waals surface area contributed by atoms with Crippen molar-refractivity contribution in [3.8, 4) is 11.3 Å². The van der Waals surface area contributed by atoms with Gasteiger partial charge in [-0.1, -0.05) is 48.5 Å². The maximum absolute atomic E-state index is 12.2. The number of carboxylic acids is 1. The predicted molar refractivity (Wildman–Crippen MR) is 85.2 cm³/mol. The second kappa shape index (κ2) is 4.91. The molecule has 1 aliphatic heterocycles. The van der Waals surface area contributed by atoms with Crippen LogP contribution in [0.1, 0.15) is 10.5 Å². The van der Waals surface area contributed by atoms with Gasteiger partial charge in [-0.15, -0.1) is 0 Å². The minimum Gasteiger partial charge on any atom is -0.478 e. The van der Waals surface area contributed by atoms with E-state index in [0.717, 1.165) is 16.3 Å². The van der Waals surface area contributed by atoms with Gasteiger partial charge in [0.2, 0.25) is 0 Å². The van der Waals surface area contributed by atoms with Crippen LogP contribution < -0.4 is 0 Å². The van der Waals surface area contributed by atoms with Gasteiger partial charge in [-0.25, -0.2) is 4.79 Å². The molecular weight excluding hydrogens is 292 g/mol. The average molecular weight is 304 g/mol. The fourth-order valence-electron chi connectivity index (χ4n) is 2.91. The fourth-order valence-corrected chi connectivity index (χ4v) is 2.91. The number of hydrogen-bond donors (Lipinski definition) is 1. The van der Waals surface area contributed by atoms with E-state index in [0.29, 0.717) is 17.8 Å². The number of carbonyl (C=O) groups is 2. The van der Waals surface area contributed by atoms with Crippen LogP contribution in [0.3, 0.4) is 0 Å². The Balaban J connectivity index is 1.86. The lowest BCUT2D eigenvalue weighted by molar-refractivity contribution is -0.132. The van der Waals surface area contributed by atoms with Crippen molar-refractivity contribution in [1.82, 2.24) is 9.78 Å². The minimum atomic E-state index is -1.22. The van der Waals surface area contributed by atoms with Crippen LogP contribution in [-0.4, -0.2) is 26.8 Å². The van der Waals surface area contributed by atoms with Gasteiger partial charge in [-0.2, -0.15) is 9.78 Å². The quantitative estimate of drug-likeness (QED) is 0.739. The van der Waals surface area contributed by atoms with Crippen molar-refractivity contribution >= 4 is 22.6 Å². The molecule has 1 aromatic heterocycles. The van der Waals surface area contributed by atoms with Gasteiger partial charge >= 0.3 is 5.97 Å². The van der Waals surface area contributed by atoms with Gasteiger partial charge in [0.1, 0.15) is 5.57 Å². The summed E-state index contributed by atoms with van der Waals surface area (Å²) in [4.78, 5) is 23.3. The summed E-state index contributed by atoms with van der Waals surface area (Å²) in [6, 6.07) is 15.7. The van der Waals surface area contributed by atoms with Crippen molar-refractivity contribution in [3.63, 3.8) is 0 Å². The first-order valence-electron chi connectivity index (χ1n) is 7.20. The topological polar surface area (TPSA) is 72.2 Å². The number of allylic oxidation sites excluding steroid dienone is 1. The molecule has 0 aliphatic carbocycles. The lowest BCUT2D eigenvalue weighted by Gasteiger charge is -2.10. The molecule has 1 N–H and O–H groups in total. The van der Waals surface area contributed by atoms with Crippen LogP contribution in [0.2, 0.25) is 0 Å². The standard InChI is InChI=1S/C18H12N2O3/c21-17-15(18(22)23)9-8-12-10-16(19-20(12)17)14-7-3-5-11-4-1-2-6-13(11)14/h1-7,9-10H,8H2,(H,22,23). The van der Waals surface area contributed by atoms with Crippen LogP contribution >= 0.6 is 0 Å². The summed E-state index contributed by atoms with van der Waals surface area (Å²) in [7, 11) is 0. The molecule has 0 spiro atoms. The summed E-state index contributed by atoms with van der Waals surface area (Å²) in [6.45, 7) is 0. The van der Waals surface area contributed by atoms with E-state index in [4.69, 9.17) is 5.11 Å². The number of carbonyl (C=O) groups excluding carboxylic acids is 1. The highest BCUT2D eigenvalue weighted by molar-refractivity contribution is 6.17. The smallest absolute Gasteiger partial charge is 0.341 e. The zero-order chi connectivity index (χ0) is 16.0. The van der Waals surface area contributed by atoms with E-state index >= 15 is 0 Å². The third-order valence-corrected chi connectivity index (χ3v) is 4.02. The highest BCUT2D eigenvalue weighted by Gasteiger charge is 2.27. The summed E-state index contributed by atoms with van der Waals surface area (Å²) in [6.07, 6.45) is 1.82. The summed E-state index contributed by atoms with van der Waals surface area (Å²) >= 11 is 0. The molecule has 0 amide bonds. The molecular formula is C18H12N2O3. The Labute approximate surface area is 131 Å². The minimum absolute atomic E-state index is 0.231. The molecule has 2 heterocycles. The van der Waals surface area contributed by atoms with Gasteiger partial charge in [0.05, 0.1) is 11.4 Å². The first-order chi connectivity index (χ1) is 11.1. The molecule has 3 aromatic rings. The number of benzene rings is 2. The van der Waals surface area contributed by atoms with Crippen molar-refractivity contribution in [3.05, 3.63) is 65.9 Å². The fraction of sp³-hybridized carbons (Fsp3) is 0.0556. The summed E-state index contributed by atoms with van der Waals surface area (Å²) in [5, 5.41) is 15.6. The summed E-state index contributed by atoms with van der Waals surface area (Å²) in [5.41, 5.74) is 2.06. The highest BCUT2D eigenvalue weighted by atomic mass is 16.4. The molecule has 1 aliphatic rings. The number of nitrogens with zero attached hydrogens (tertiary/aromatic N) is 2. The number of aliphatic carboxylic acids is 1. The lowest BCUT2D eigenvalue weighted by Crippen LogP contribution is -2.25. The number of rotatable bonds is 2. The normalized spacial score (nSPS) is 13.7. The van der Waals surface area contributed by atoms with E-state index in [-0.39, 0.29) is 5.57 Å². The van der Waals surface area contributed by atoms with Crippen molar-refractivity contribution in [2.24, 2.45) is 0 Å². The first kappa shape index (κ1) is 13.5. The molecule has 0 radical (unpaired) electrons. The van der Waals surface area contributed by atoms with Gasteiger partial charge < -0.3 is 5.11 Å². The second-order valence-electron chi connectivity index (χ2n) is 5.39. The Morgan fingerprint density at radius 3 is 2.74 bits per heavy atom. The van der Waals surface area contributed by atoms with E-state index in [1.807, 2.05) is 48.5 Å². The van der Waals surface area contributed by atoms with Crippen molar-refractivity contribution in [1.29, 1.82) is 0 Å². The molecule has 5 heteroatoms. The Hall–Kier alpha value is -3.21. The maximum Gasteiger partial charge on any atom is 0.341 e. The van der Waals surface area contributed by atoms with Gasteiger partial charge in [0.15, 0.2) is 0 Å². The molecule has 0 bridgehead atoms. The second-order valence-corrected chi connectivity index (χ2v) is 5.39. The van der Waals surface area contributed by atoms with Crippen LogP contribution in [0, 0.1) is 0 Å². The van der Waals surface area contributed by atoms with E-state index in [1.54, 1.807) is 0 Å². The van der Waals surface area contributed by atoms with Crippen LogP contribution in [0.5, 0.6) is 0 Å². The molecule has 0 fully saturated rings. The van der Waals surface area contributed by atoms with E-state index in [1.165, 1.54) is 10.8 Å². The van der Waals surface area contributed by atoms with Crippen LogP contribution in [0.15, 0.2) is 60.2 Å². The molecule has 0 atom stereocenters. The number of aromatic nitrogens is 2. The Morgan fingerprint density at radius 2 is 1.91 bits per heavy atom. The third-order valence-electron chi connectivity index (χ3n) is 4.02. The molecule has 0 saturated carbocycles. The van der Waals surface area contributed by atoms with E-state index in [2.05, 4.69) is 5.10 Å². The van der Waals surface area contributed by atoms with Gasteiger partial charge in [0, 0.05) is 12.0 Å². The molecule has 5 nitrogen and oxygen atoms in total. The van der Waals surface area contributed by atoms with Crippen LogP contribution in [0.4, 0.5) is 0 Å². The molecule has 112 valence electrons.